The molecule has 0 radical (unpaired) electrons. The molecule has 3 aromatic rings. The molecule has 162 valence electrons. The second-order valence-electron chi connectivity index (χ2n) is 8.24. The highest BCUT2D eigenvalue weighted by molar-refractivity contribution is 7.80. The van der Waals surface area contributed by atoms with Crippen LogP contribution in [0.25, 0.3) is 0 Å². The summed E-state index contributed by atoms with van der Waals surface area (Å²) in [4.78, 5) is 8.92. The van der Waals surface area contributed by atoms with Crippen LogP contribution in [0.3, 0.4) is 0 Å². The van der Waals surface area contributed by atoms with Crippen molar-refractivity contribution in [3.8, 4) is 0 Å². The number of piperazine rings is 1. The topological polar surface area (TPSA) is 49.2 Å². The van der Waals surface area contributed by atoms with E-state index in [1.165, 1.54) is 16.7 Å². The van der Waals surface area contributed by atoms with Crippen LogP contribution in [0.4, 0.5) is 5.69 Å². The molecule has 0 aliphatic carbocycles. The van der Waals surface area contributed by atoms with Gasteiger partial charge in [-0.25, -0.2) is 0 Å². The number of benzene rings is 1. The van der Waals surface area contributed by atoms with Crippen molar-refractivity contribution in [2.75, 3.05) is 31.5 Å². The van der Waals surface area contributed by atoms with E-state index in [1.54, 1.807) is 0 Å². The van der Waals surface area contributed by atoms with Crippen molar-refractivity contribution in [1.82, 2.24) is 24.6 Å². The lowest BCUT2D eigenvalue weighted by molar-refractivity contribution is 0.177. The summed E-state index contributed by atoms with van der Waals surface area (Å²) in [6.07, 6.45) is 3.76. The molecule has 0 atom stereocenters. The van der Waals surface area contributed by atoms with E-state index in [1.807, 2.05) is 25.4 Å². The molecule has 0 amide bonds. The van der Waals surface area contributed by atoms with Gasteiger partial charge in [-0.3, -0.25) is 14.6 Å². The van der Waals surface area contributed by atoms with Crippen LogP contribution in [0.1, 0.15) is 28.1 Å². The van der Waals surface area contributed by atoms with E-state index in [0.717, 1.165) is 61.5 Å². The van der Waals surface area contributed by atoms with Gasteiger partial charge in [-0.15, -0.1) is 0 Å². The van der Waals surface area contributed by atoms with E-state index < -0.39 is 0 Å². The standard InChI is InChI=1S/C24H30N6S/c1-18-6-8-21(9-7-18)17-30-20(3)23(19(2)27-30)26-24(31)29-13-11-28(12-14-29)16-22-5-4-10-25-15-22/h4-10,15H,11-14,16-17H2,1-3H3,(H,26,31). The second-order valence-corrected chi connectivity index (χ2v) is 8.63. The molecule has 0 saturated carbocycles. The summed E-state index contributed by atoms with van der Waals surface area (Å²) in [5.74, 6) is 0. The number of rotatable bonds is 5. The highest BCUT2D eigenvalue weighted by Gasteiger charge is 2.21. The Bertz CT molecular complexity index is 1020. The van der Waals surface area contributed by atoms with Gasteiger partial charge in [0, 0.05) is 45.1 Å². The minimum absolute atomic E-state index is 0.758. The van der Waals surface area contributed by atoms with Gasteiger partial charge in [-0.2, -0.15) is 5.10 Å². The first kappa shape index (κ1) is 21.5. The maximum atomic E-state index is 5.75. The molecular formula is C24H30N6S. The quantitative estimate of drug-likeness (QED) is 0.617. The molecule has 6 nitrogen and oxygen atoms in total. The zero-order valence-corrected chi connectivity index (χ0v) is 19.3. The first-order valence-electron chi connectivity index (χ1n) is 10.8. The Morgan fingerprint density at radius 1 is 0.968 bits per heavy atom. The average Bonchev–Trinajstić information content (AvgIpc) is 3.04. The van der Waals surface area contributed by atoms with Crippen LogP contribution in [0.15, 0.2) is 48.8 Å². The van der Waals surface area contributed by atoms with Gasteiger partial charge in [0.2, 0.25) is 0 Å². The third-order valence-corrected chi connectivity index (χ3v) is 6.22. The number of hydrogen-bond acceptors (Lipinski definition) is 4. The summed E-state index contributed by atoms with van der Waals surface area (Å²) in [5, 5.41) is 9.00. The van der Waals surface area contributed by atoms with E-state index in [-0.39, 0.29) is 0 Å². The van der Waals surface area contributed by atoms with Crippen LogP contribution < -0.4 is 5.32 Å². The predicted octanol–water partition coefficient (Wildman–Crippen LogP) is 3.77. The van der Waals surface area contributed by atoms with E-state index in [4.69, 9.17) is 17.3 Å². The SMILES string of the molecule is Cc1ccc(Cn2nc(C)c(NC(=S)N3CCN(Cc4cccnc4)CC3)c2C)cc1. The first-order chi connectivity index (χ1) is 15.0. The Kier molecular flexibility index (Phi) is 6.63. The molecule has 1 aromatic carbocycles. The van der Waals surface area contributed by atoms with Crippen molar-refractivity contribution in [2.45, 2.75) is 33.9 Å². The summed E-state index contributed by atoms with van der Waals surface area (Å²) in [7, 11) is 0. The number of aromatic nitrogens is 3. The molecular weight excluding hydrogens is 404 g/mol. The normalized spacial score (nSPS) is 14.6. The molecule has 4 rings (SSSR count). The molecule has 1 fully saturated rings. The van der Waals surface area contributed by atoms with Crippen LogP contribution >= 0.6 is 12.2 Å². The van der Waals surface area contributed by atoms with E-state index in [0.29, 0.717) is 0 Å². The van der Waals surface area contributed by atoms with E-state index >= 15 is 0 Å². The Hall–Kier alpha value is -2.77. The van der Waals surface area contributed by atoms with Crippen molar-refractivity contribution in [1.29, 1.82) is 0 Å². The summed E-state index contributed by atoms with van der Waals surface area (Å²) in [6.45, 7) is 11.8. The average molecular weight is 435 g/mol. The van der Waals surface area contributed by atoms with Crippen LogP contribution in [0.2, 0.25) is 0 Å². The highest BCUT2D eigenvalue weighted by Crippen LogP contribution is 2.21. The molecule has 1 saturated heterocycles. The van der Waals surface area contributed by atoms with Gasteiger partial charge in [-0.05, 0) is 50.2 Å². The molecule has 1 aliphatic heterocycles. The van der Waals surface area contributed by atoms with Gasteiger partial charge in [-0.1, -0.05) is 35.9 Å². The van der Waals surface area contributed by atoms with Crippen molar-refractivity contribution in [3.63, 3.8) is 0 Å². The van der Waals surface area contributed by atoms with Crippen LogP contribution in [0, 0.1) is 20.8 Å². The first-order valence-corrected chi connectivity index (χ1v) is 11.2. The second kappa shape index (κ2) is 9.58. The minimum atomic E-state index is 0.758. The maximum Gasteiger partial charge on any atom is 0.173 e. The molecule has 0 bridgehead atoms. The molecule has 0 spiro atoms. The lowest BCUT2D eigenvalue weighted by Gasteiger charge is -2.36. The predicted molar refractivity (Wildman–Crippen MR) is 129 cm³/mol. The monoisotopic (exact) mass is 434 g/mol. The van der Waals surface area contributed by atoms with Crippen molar-refractivity contribution >= 4 is 23.0 Å². The Labute approximate surface area is 189 Å². The Morgan fingerprint density at radius 2 is 1.71 bits per heavy atom. The fourth-order valence-electron chi connectivity index (χ4n) is 3.94. The van der Waals surface area contributed by atoms with Crippen LogP contribution in [-0.4, -0.2) is 55.9 Å². The summed E-state index contributed by atoms with van der Waals surface area (Å²) in [5.41, 5.74) is 6.87. The number of aryl methyl sites for hydroxylation is 2. The maximum absolute atomic E-state index is 5.75. The molecule has 2 aromatic heterocycles. The fourth-order valence-corrected chi connectivity index (χ4v) is 4.23. The zero-order valence-electron chi connectivity index (χ0n) is 18.5. The number of thiocarbonyl (C=S) groups is 1. The van der Waals surface area contributed by atoms with Crippen molar-refractivity contribution in [2.24, 2.45) is 0 Å². The Balaban J connectivity index is 1.34. The van der Waals surface area contributed by atoms with Gasteiger partial charge in [0.25, 0.3) is 0 Å². The van der Waals surface area contributed by atoms with Gasteiger partial charge in [0.1, 0.15) is 0 Å². The van der Waals surface area contributed by atoms with Gasteiger partial charge < -0.3 is 10.2 Å². The number of hydrogen-bond donors (Lipinski definition) is 1. The Morgan fingerprint density at radius 3 is 2.39 bits per heavy atom. The van der Waals surface area contributed by atoms with E-state index in [2.05, 4.69) is 69.0 Å². The largest absolute Gasteiger partial charge is 0.346 e. The third-order valence-electron chi connectivity index (χ3n) is 5.85. The van der Waals surface area contributed by atoms with E-state index in [9.17, 15) is 0 Å². The summed E-state index contributed by atoms with van der Waals surface area (Å²) < 4.78 is 2.05. The summed E-state index contributed by atoms with van der Waals surface area (Å²) in [6, 6.07) is 12.7. The van der Waals surface area contributed by atoms with Crippen molar-refractivity contribution in [3.05, 3.63) is 76.9 Å². The van der Waals surface area contributed by atoms with Crippen LogP contribution in [-0.2, 0) is 13.1 Å². The fraction of sp³-hybridized carbons (Fsp3) is 0.375. The molecule has 0 unspecified atom stereocenters. The third kappa shape index (κ3) is 5.29. The number of anilines is 1. The van der Waals surface area contributed by atoms with Gasteiger partial charge in [0.05, 0.1) is 23.6 Å². The smallest absolute Gasteiger partial charge is 0.173 e. The summed E-state index contributed by atoms with van der Waals surface area (Å²) >= 11 is 5.75. The molecule has 1 N–H and O–H groups in total. The number of pyridine rings is 1. The lowest BCUT2D eigenvalue weighted by Crippen LogP contribution is -2.49. The lowest BCUT2D eigenvalue weighted by atomic mass is 10.1. The zero-order chi connectivity index (χ0) is 21.8. The molecule has 1 aliphatic rings. The van der Waals surface area contributed by atoms with Crippen LogP contribution in [0.5, 0.6) is 0 Å². The number of nitrogens with one attached hydrogen (secondary N) is 1. The van der Waals surface area contributed by atoms with Crippen molar-refractivity contribution < 1.29 is 0 Å². The molecule has 31 heavy (non-hydrogen) atoms. The molecule has 7 heteroatoms. The number of nitrogens with zero attached hydrogens (tertiary/aromatic N) is 5. The van der Waals surface area contributed by atoms with Gasteiger partial charge in [0.15, 0.2) is 5.11 Å². The molecule has 3 heterocycles. The minimum Gasteiger partial charge on any atom is -0.346 e. The highest BCUT2D eigenvalue weighted by atomic mass is 32.1. The van der Waals surface area contributed by atoms with Gasteiger partial charge >= 0.3 is 0 Å².